The number of nitrogens with zero attached hydrogens (tertiary/aromatic N) is 2. The molecule has 1 fully saturated rings. The monoisotopic (exact) mass is 301 g/mol. The summed E-state index contributed by atoms with van der Waals surface area (Å²) in [5.41, 5.74) is 1.17. The molecule has 0 amide bonds. The molecule has 5 heteroatoms. The molecule has 1 aromatic heterocycles. The van der Waals surface area contributed by atoms with Crippen LogP contribution in [0.2, 0.25) is 5.02 Å². The molecule has 1 unspecified atom stereocenters. The van der Waals surface area contributed by atoms with E-state index >= 15 is 0 Å². The van der Waals surface area contributed by atoms with E-state index in [1.807, 2.05) is 4.68 Å². The lowest BCUT2D eigenvalue weighted by atomic mass is 9.92. The van der Waals surface area contributed by atoms with Crippen molar-refractivity contribution in [3.8, 4) is 0 Å². The summed E-state index contributed by atoms with van der Waals surface area (Å²) in [7, 11) is 0. The highest BCUT2D eigenvalue weighted by Crippen LogP contribution is 2.33. The maximum Gasteiger partial charge on any atom is 0.0834 e. The van der Waals surface area contributed by atoms with E-state index in [0.717, 1.165) is 24.0 Å². The summed E-state index contributed by atoms with van der Waals surface area (Å²) in [6.45, 7) is 6.12. The Hall–Kier alpha value is -0.190. The highest BCUT2D eigenvalue weighted by molar-refractivity contribution is 7.99. The first-order valence-electron chi connectivity index (χ1n) is 7.28. The predicted octanol–water partition coefficient (Wildman–Crippen LogP) is 3.74. The summed E-state index contributed by atoms with van der Waals surface area (Å²) < 4.78 is 2.03. The van der Waals surface area contributed by atoms with Crippen molar-refractivity contribution in [3.05, 3.63) is 16.9 Å². The Morgan fingerprint density at radius 3 is 2.84 bits per heavy atom. The molecular weight excluding hydrogens is 278 g/mol. The third-order valence-electron chi connectivity index (χ3n) is 3.82. The Kier molecular flexibility index (Phi) is 6.05. The Bertz CT molecular complexity index is 388. The summed E-state index contributed by atoms with van der Waals surface area (Å²) in [6, 6.07) is 0.341. The highest BCUT2D eigenvalue weighted by Gasteiger charge is 2.24. The first-order valence-corrected chi connectivity index (χ1v) is 8.81. The van der Waals surface area contributed by atoms with Crippen molar-refractivity contribution < 1.29 is 0 Å². The summed E-state index contributed by atoms with van der Waals surface area (Å²) in [4.78, 5) is 0. The van der Waals surface area contributed by atoms with Gasteiger partial charge in [-0.1, -0.05) is 18.5 Å². The number of aromatic nitrogens is 2. The van der Waals surface area contributed by atoms with Gasteiger partial charge in [-0.25, -0.2) is 0 Å². The third kappa shape index (κ3) is 3.89. The van der Waals surface area contributed by atoms with Crippen LogP contribution in [0.15, 0.2) is 6.20 Å². The predicted molar refractivity (Wildman–Crippen MR) is 84.0 cm³/mol. The number of rotatable bonds is 6. The largest absolute Gasteiger partial charge is 0.309 e. The Morgan fingerprint density at radius 1 is 1.47 bits per heavy atom. The van der Waals surface area contributed by atoms with Crippen molar-refractivity contribution in [1.29, 1.82) is 0 Å². The zero-order valence-corrected chi connectivity index (χ0v) is 13.4. The second kappa shape index (κ2) is 7.55. The van der Waals surface area contributed by atoms with Crippen LogP contribution in [0, 0.1) is 5.92 Å². The molecule has 19 heavy (non-hydrogen) atoms. The number of hydrogen-bond donors (Lipinski definition) is 1. The first kappa shape index (κ1) is 15.2. The molecule has 0 radical (unpaired) electrons. The van der Waals surface area contributed by atoms with Crippen LogP contribution in [0.25, 0.3) is 0 Å². The normalized spacial score (nSPS) is 18.7. The van der Waals surface area contributed by atoms with Crippen molar-refractivity contribution in [2.75, 3.05) is 18.1 Å². The van der Waals surface area contributed by atoms with Crippen LogP contribution in [0.1, 0.15) is 44.8 Å². The maximum atomic E-state index is 6.34. The molecule has 108 valence electrons. The number of aryl methyl sites for hydroxylation is 1. The van der Waals surface area contributed by atoms with Crippen LogP contribution >= 0.6 is 23.4 Å². The van der Waals surface area contributed by atoms with Crippen molar-refractivity contribution in [1.82, 2.24) is 15.1 Å². The zero-order valence-electron chi connectivity index (χ0n) is 11.9. The molecule has 1 N–H and O–H groups in total. The lowest BCUT2D eigenvalue weighted by Gasteiger charge is -2.27. The van der Waals surface area contributed by atoms with E-state index in [2.05, 4.69) is 36.0 Å². The number of thioether (sulfide) groups is 1. The molecule has 1 aromatic rings. The van der Waals surface area contributed by atoms with Gasteiger partial charge in [-0.05, 0) is 50.2 Å². The van der Waals surface area contributed by atoms with E-state index in [1.54, 1.807) is 6.20 Å². The average Bonchev–Trinajstić information content (AvgIpc) is 2.80. The van der Waals surface area contributed by atoms with Crippen molar-refractivity contribution in [2.24, 2.45) is 5.92 Å². The van der Waals surface area contributed by atoms with Gasteiger partial charge in [0.2, 0.25) is 0 Å². The lowest BCUT2D eigenvalue weighted by Crippen LogP contribution is -2.27. The quantitative estimate of drug-likeness (QED) is 0.868. The maximum absolute atomic E-state index is 6.34. The molecule has 1 aliphatic heterocycles. The van der Waals surface area contributed by atoms with Gasteiger partial charge in [0.25, 0.3) is 0 Å². The minimum Gasteiger partial charge on any atom is -0.309 e. The van der Waals surface area contributed by atoms with E-state index in [0.29, 0.717) is 6.04 Å². The molecule has 2 rings (SSSR count). The molecule has 0 aliphatic carbocycles. The van der Waals surface area contributed by atoms with Gasteiger partial charge >= 0.3 is 0 Å². The molecule has 0 bridgehead atoms. The fourth-order valence-corrected chi connectivity index (χ4v) is 4.30. The van der Waals surface area contributed by atoms with Gasteiger partial charge in [-0.2, -0.15) is 16.9 Å². The van der Waals surface area contributed by atoms with Crippen molar-refractivity contribution in [3.63, 3.8) is 0 Å². The van der Waals surface area contributed by atoms with E-state index in [1.165, 1.54) is 36.5 Å². The second-order valence-corrected chi connectivity index (χ2v) is 6.73. The fourth-order valence-electron chi connectivity index (χ4n) is 2.82. The average molecular weight is 302 g/mol. The van der Waals surface area contributed by atoms with Gasteiger partial charge < -0.3 is 5.32 Å². The second-order valence-electron chi connectivity index (χ2n) is 5.10. The van der Waals surface area contributed by atoms with Crippen LogP contribution in [0.5, 0.6) is 0 Å². The number of halogens is 1. The van der Waals surface area contributed by atoms with Gasteiger partial charge in [0.1, 0.15) is 0 Å². The van der Waals surface area contributed by atoms with E-state index in [-0.39, 0.29) is 0 Å². The van der Waals surface area contributed by atoms with E-state index < -0.39 is 0 Å². The van der Waals surface area contributed by atoms with Gasteiger partial charge in [-0.3, -0.25) is 4.68 Å². The Morgan fingerprint density at radius 2 is 2.21 bits per heavy atom. The standard InChI is InChI=1S/C14H24ClN3S/c1-3-16-13(9-11-5-7-19-8-6-11)14-12(15)10-17-18(14)4-2/h10-11,13,16H,3-9H2,1-2H3. The van der Waals surface area contributed by atoms with Crippen LogP contribution in [-0.4, -0.2) is 27.8 Å². The zero-order chi connectivity index (χ0) is 13.7. The third-order valence-corrected chi connectivity index (χ3v) is 5.16. The molecular formula is C14H24ClN3S. The van der Waals surface area contributed by atoms with Gasteiger partial charge in [0.15, 0.2) is 0 Å². The lowest BCUT2D eigenvalue weighted by molar-refractivity contribution is 0.359. The Balaban J connectivity index is 2.11. The van der Waals surface area contributed by atoms with Crippen LogP contribution in [0.4, 0.5) is 0 Å². The fraction of sp³-hybridized carbons (Fsp3) is 0.786. The molecule has 1 atom stereocenters. The smallest absolute Gasteiger partial charge is 0.0834 e. The summed E-state index contributed by atoms with van der Waals surface area (Å²) >= 11 is 8.43. The summed E-state index contributed by atoms with van der Waals surface area (Å²) in [6.07, 6.45) is 5.64. The molecule has 1 aliphatic rings. The minimum absolute atomic E-state index is 0.341. The topological polar surface area (TPSA) is 29.9 Å². The summed E-state index contributed by atoms with van der Waals surface area (Å²) in [5, 5.41) is 8.77. The van der Waals surface area contributed by atoms with Crippen LogP contribution in [-0.2, 0) is 6.54 Å². The van der Waals surface area contributed by atoms with Crippen molar-refractivity contribution >= 4 is 23.4 Å². The first-order chi connectivity index (χ1) is 9.26. The molecule has 1 saturated heterocycles. The molecule has 2 heterocycles. The van der Waals surface area contributed by atoms with Crippen LogP contribution < -0.4 is 5.32 Å². The highest BCUT2D eigenvalue weighted by atomic mass is 35.5. The van der Waals surface area contributed by atoms with Crippen molar-refractivity contribution in [2.45, 2.75) is 45.7 Å². The van der Waals surface area contributed by atoms with E-state index in [4.69, 9.17) is 11.6 Å². The molecule has 0 aromatic carbocycles. The molecule has 0 saturated carbocycles. The SMILES string of the molecule is CCNC(CC1CCSCC1)c1c(Cl)cnn1CC. The number of hydrogen-bond acceptors (Lipinski definition) is 3. The summed E-state index contributed by atoms with van der Waals surface area (Å²) in [5.74, 6) is 3.44. The van der Waals surface area contributed by atoms with Gasteiger partial charge in [0, 0.05) is 6.54 Å². The molecule has 0 spiro atoms. The van der Waals surface area contributed by atoms with Crippen LogP contribution in [0.3, 0.4) is 0 Å². The number of nitrogens with one attached hydrogen (secondary N) is 1. The van der Waals surface area contributed by atoms with Gasteiger partial charge in [-0.15, -0.1) is 0 Å². The minimum atomic E-state index is 0.341. The molecule has 3 nitrogen and oxygen atoms in total. The van der Waals surface area contributed by atoms with E-state index in [9.17, 15) is 0 Å². The van der Waals surface area contributed by atoms with Gasteiger partial charge in [0.05, 0.1) is 23.0 Å². The Labute approximate surface area is 125 Å².